The van der Waals surface area contributed by atoms with Crippen LogP contribution in [-0.4, -0.2) is 17.3 Å². The zero-order valence-electron chi connectivity index (χ0n) is 10.9. The lowest BCUT2D eigenvalue weighted by atomic mass is 9.86. The van der Waals surface area contributed by atoms with Gasteiger partial charge in [0.05, 0.1) is 6.10 Å². The standard InChI is InChI=1S/C15H22O2/c1-10-4-7-14(16)15(8-10)17-13-6-5-11(2)12(3)9-13/h5-6,9-10,14-16H,4,7-8H2,1-3H3. The van der Waals surface area contributed by atoms with Gasteiger partial charge in [-0.1, -0.05) is 13.0 Å². The Morgan fingerprint density at radius 1 is 1.18 bits per heavy atom. The third-order valence-electron chi connectivity index (χ3n) is 3.78. The van der Waals surface area contributed by atoms with Gasteiger partial charge in [0, 0.05) is 0 Å². The van der Waals surface area contributed by atoms with Crippen LogP contribution in [0.5, 0.6) is 5.75 Å². The predicted octanol–water partition coefficient (Wildman–Crippen LogP) is 3.23. The molecule has 1 aromatic carbocycles. The van der Waals surface area contributed by atoms with E-state index < -0.39 is 0 Å². The molecule has 0 aliphatic heterocycles. The van der Waals surface area contributed by atoms with E-state index in [2.05, 4.69) is 32.9 Å². The highest BCUT2D eigenvalue weighted by Crippen LogP contribution is 2.28. The average molecular weight is 234 g/mol. The van der Waals surface area contributed by atoms with Crippen LogP contribution in [0, 0.1) is 19.8 Å². The van der Waals surface area contributed by atoms with Gasteiger partial charge in [0.25, 0.3) is 0 Å². The molecule has 0 radical (unpaired) electrons. The maximum Gasteiger partial charge on any atom is 0.125 e. The van der Waals surface area contributed by atoms with E-state index in [1.165, 1.54) is 11.1 Å². The number of aliphatic hydroxyl groups excluding tert-OH is 1. The molecule has 3 atom stereocenters. The van der Waals surface area contributed by atoms with Crippen molar-refractivity contribution < 1.29 is 9.84 Å². The maximum absolute atomic E-state index is 9.95. The highest BCUT2D eigenvalue weighted by molar-refractivity contribution is 5.34. The minimum absolute atomic E-state index is 0.0409. The van der Waals surface area contributed by atoms with E-state index in [1.807, 2.05) is 6.07 Å². The molecule has 0 saturated heterocycles. The van der Waals surface area contributed by atoms with E-state index in [0.29, 0.717) is 5.92 Å². The first-order valence-corrected chi connectivity index (χ1v) is 6.48. The Bertz CT molecular complexity index is 387. The van der Waals surface area contributed by atoms with E-state index in [4.69, 9.17) is 4.74 Å². The van der Waals surface area contributed by atoms with E-state index in [0.717, 1.165) is 25.0 Å². The molecule has 2 rings (SSSR count). The Kier molecular flexibility index (Phi) is 3.72. The topological polar surface area (TPSA) is 29.5 Å². The van der Waals surface area contributed by atoms with Crippen molar-refractivity contribution in [2.24, 2.45) is 5.92 Å². The molecule has 1 aliphatic rings. The van der Waals surface area contributed by atoms with Gasteiger partial charge in [0.2, 0.25) is 0 Å². The Hall–Kier alpha value is -1.02. The molecule has 3 unspecified atom stereocenters. The molecule has 1 fully saturated rings. The van der Waals surface area contributed by atoms with Gasteiger partial charge < -0.3 is 9.84 Å². The molecule has 94 valence electrons. The van der Waals surface area contributed by atoms with Crippen molar-refractivity contribution in [2.75, 3.05) is 0 Å². The number of hydrogen-bond donors (Lipinski definition) is 1. The van der Waals surface area contributed by atoms with E-state index in [9.17, 15) is 5.11 Å². The van der Waals surface area contributed by atoms with Gasteiger partial charge in [-0.2, -0.15) is 0 Å². The van der Waals surface area contributed by atoms with E-state index >= 15 is 0 Å². The van der Waals surface area contributed by atoms with Crippen molar-refractivity contribution in [3.05, 3.63) is 29.3 Å². The Labute approximate surface area is 104 Å². The van der Waals surface area contributed by atoms with Crippen LogP contribution < -0.4 is 4.74 Å². The molecule has 1 saturated carbocycles. The third-order valence-corrected chi connectivity index (χ3v) is 3.78. The highest BCUT2D eigenvalue weighted by Gasteiger charge is 2.28. The summed E-state index contributed by atoms with van der Waals surface area (Å²) >= 11 is 0. The summed E-state index contributed by atoms with van der Waals surface area (Å²) in [5.41, 5.74) is 2.51. The molecule has 0 heterocycles. The largest absolute Gasteiger partial charge is 0.488 e. The number of hydrogen-bond acceptors (Lipinski definition) is 2. The van der Waals surface area contributed by atoms with Crippen LogP contribution in [-0.2, 0) is 0 Å². The van der Waals surface area contributed by atoms with E-state index in [1.54, 1.807) is 0 Å². The minimum Gasteiger partial charge on any atom is -0.488 e. The lowest BCUT2D eigenvalue weighted by Gasteiger charge is -2.32. The van der Waals surface area contributed by atoms with Gasteiger partial charge in [-0.05, 0) is 62.3 Å². The van der Waals surface area contributed by atoms with Crippen molar-refractivity contribution in [1.82, 2.24) is 0 Å². The van der Waals surface area contributed by atoms with Crippen molar-refractivity contribution in [2.45, 2.75) is 52.2 Å². The summed E-state index contributed by atoms with van der Waals surface area (Å²) in [6, 6.07) is 6.12. The predicted molar refractivity (Wildman–Crippen MR) is 69.4 cm³/mol. The lowest BCUT2D eigenvalue weighted by Crippen LogP contribution is -2.37. The highest BCUT2D eigenvalue weighted by atomic mass is 16.5. The Morgan fingerprint density at radius 2 is 1.94 bits per heavy atom. The molecule has 0 spiro atoms. The van der Waals surface area contributed by atoms with Crippen LogP contribution in [0.3, 0.4) is 0 Å². The van der Waals surface area contributed by atoms with Crippen LogP contribution >= 0.6 is 0 Å². The van der Waals surface area contributed by atoms with Gasteiger partial charge in [-0.25, -0.2) is 0 Å². The smallest absolute Gasteiger partial charge is 0.125 e. The molecule has 17 heavy (non-hydrogen) atoms. The van der Waals surface area contributed by atoms with Crippen LogP contribution in [0.15, 0.2) is 18.2 Å². The molecular weight excluding hydrogens is 212 g/mol. The molecule has 0 aromatic heterocycles. The van der Waals surface area contributed by atoms with Crippen LogP contribution in [0.2, 0.25) is 0 Å². The van der Waals surface area contributed by atoms with Crippen LogP contribution in [0.25, 0.3) is 0 Å². The Morgan fingerprint density at radius 3 is 2.65 bits per heavy atom. The second-order valence-corrected chi connectivity index (χ2v) is 5.39. The monoisotopic (exact) mass is 234 g/mol. The fourth-order valence-corrected chi connectivity index (χ4v) is 2.40. The summed E-state index contributed by atoms with van der Waals surface area (Å²) in [7, 11) is 0. The molecule has 1 N–H and O–H groups in total. The molecule has 1 aliphatic carbocycles. The van der Waals surface area contributed by atoms with Crippen molar-refractivity contribution >= 4 is 0 Å². The summed E-state index contributed by atoms with van der Waals surface area (Å²) in [6.45, 7) is 6.40. The van der Waals surface area contributed by atoms with Crippen molar-refractivity contribution in [1.29, 1.82) is 0 Å². The number of rotatable bonds is 2. The minimum atomic E-state index is -0.312. The quantitative estimate of drug-likeness (QED) is 0.851. The lowest BCUT2D eigenvalue weighted by molar-refractivity contribution is -0.00761. The first-order chi connectivity index (χ1) is 8.06. The first kappa shape index (κ1) is 12.4. The average Bonchev–Trinajstić information content (AvgIpc) is 2.29. The number of aliphatic hydroxyl groups is 1. The van der Waals surface area contributed by atoms with E-state index in [-0.39, 0.29) is 12.2 Å². The molecular formula is C15H22O2. The second-order valence-electron chi connectivity index (χ2n) is 5.39. The SMILES string of the molecule is Cc1ccc(OC2CC(C)CCC2O)cc1C. The third kappa shape index (κ3) is 3.01. The van der Waals surface area contributed by atoms with Gasteiger partial charge in [0.1, 0.15) is 11.9 Å². The summed E-state index contributed by atoms with van der Waals surface area (Å²) in [4.78, 5) is 0. The number of benzene rings is 1. The number of aryl methyl sites for hydroxylation is 2. The van der Waals surface area contributed by atoms with Gasteiger partial charge in [-0.3, -0.25) is 0 Å². The summed E-state index contributed by atoms with van der Waals surface area (Å²) in [5.74, 6) is 1.53. The molecule has 0 amide bonds. The second kappa shape index (κ2) is 5.09. The van der Waals surface area contributed by atoms with Gasteiger partial charge >= 0.3 is 0 Å². The van der Waals surface area contributed by atoms with Gasteiger partial charge in [-0.15, -0.1) is 0 Å². The first-order valence-electron chi connectivity index (χ1n) is 6.48. The molecule has 1 aromatic rings. The summed E-state index contributed by atoms with van der Waals surface area (Å²) in [6.07, 6.45) is 2.56. The summed E-state index contributed by atoms with van der Waals surface area (Å²) in [5, 5.41) is 9.95. The summed E-state index contributed by atoms with van der Waals surface area (Å²) < 4.78 is 5.92. The molecule has 0 bridgehead atoms. The fourth-order valence-electron chi connectivity index (χ4n) is 2.40. The van der Waals surface area contributed by atoms with Crippen LogP contribution in [0.1, 0.15) is 37.3 Å². The van der Waals surface area contributed by atoms with Crippen molar-refractivity contribution in [3.63, 3.8) is 0 Å². The number of ether oxygens (including phenoxy) is 1. The fraction of sp³-hybridized carbons (Fsp3) is 0.600. The van der Waals surface area contributed by atoms with Gasteiger partial charge in [0.15, 0.2) is 0 Å². The zero-order valence-corrected chi connectivity index (χ0v) is 10.9. The van der Waals surface area contributed by atoms with Crippen LogP contribution in [0.4, 0.5) is 0 Å². The molecule has 2 heteroatoms. The maximum atomic E-state index is 9.95. The zero-order chi connectivity index (χ0) is 12.4. The molecule has 2 nitrogen and oxygen atoms in total. The normalized spacial score (nSPS) is 29.1. The van der Waals surface area contributed by atoms with Crippen molar-refractivity contribution in [3.8, 4) is 5.75 Å². The Balaban J connectivity index is 2.06.